The Hall–Kier alpha value is -1.40. The third-order valence-electron chi connectivity index (χ3n) is 4.04. The molecule has 5 nitrogen and oxygen atoms in total. The molecular formula is C13H17N3O2S. The van der Waals surface area contributed by atoms with E-state index in [0.717, 1.165) is 10.7 Å². The second-order valence-electron chi connectivity index (χ2n) is 5.69. The molecule has 2 unspecified atom stereocenters. The summed E-state index contributed by atoms with van der Waals surface area (Å²) in [6.07, 6.45) is 4.41. The lowest BCUT2D eigenvalue weighted by molar-refractivity contribution is -0.128. The van der Waals surface area contributed by atoms with Crippen molar-refractivity contribution in [2.45, 2.75) is 38.8 Å². The molecule has 102 valence electrons. The SMILES string of the molecule is CC1(C)C(O)CC1NC(=O)Cc1cn2ccsc2n1. The molecule has 0 spiro atoms. The molecule has 1 amide bonds. The summed E-state index contributed by atoms with van der Waals surface area (Å²) in [4.78, 5) is 17.3. The Morgan fingerprint density at radius 2 is 2.47 bits per heavy atom. The molecule has 3 rings (SSSR count). The Balaban J connectivity index is 1.61. The van der Waals surface area contributed by atoms with E-state index in [1.807, 2.05) is 36.0 Å². The van der Waals surface area contributed by atoms with Crippen LogP contribution in [-0.4, -0.2) is 32.5 Å². The minimum atomic E-state index is -0.323. The quantitative estimate of drug-likeness (QED) is 0.887. The van der Waals surface area contributed by atoms with Crippen LogP contribution in [-0.2, 0) is 11.2 Å². The standard InChI is InChI=1S/C13H17N3O2S/c1-13(2)9(6-10(13)17)15-11(18)5-8-7-16-3-4-19-12(16)14-8/h3-4,7,9-10,17H,5-6H2,1-2H3,(H,15,18). The molecule has 2 heterocycles. The van der Waals surface area contributed by atoms with Crippen LogP contribution in [0.2, 0.25) is 0 Å². The third-order valence-corrected chi connectivity index (χ3v) is 4.81. The molecule has 6 heteroatoms. The minimum absolute atomic E-state index is 0.0317. The van der Waals surface area contributed by atoms with E-state index in [2.05, 4.69) is 10.3 Å². The number of aliphatic hydroxyl groups excluding tert-OH is 1. The van der Waals surface area contributed by atoms with Crippen LogP contribution in [0, 0.1) is 5.41 Å². The molecule has 19 heavy (non-hydrogen) atoms. The van der Waals surface area contributed by atoms with Gasteiger partial charge in [-0.25, -0.2) is 4.98 Å². The molecule has 0 radical (unpaired) electrons. The molecule has 0 bridgehead atoms. The van der Waals surface area contributed by atoms with Crippen molar-refractivity contribution in [2.75, 3.05) is 0 Å². The van der Waals surface area contributed by atoms with Gasteiger partial charge in [-0.15, -0.1) is 11.3 Å². The van der Waals surface area contributed by atoms with Crippen molar-refractivity contribution in [2.24, 2.45) is 5.41 Å². The summed E-state index contributed by atoms with van der Waals surface area (Å²) < 4.78 is 1.92. The van der Waals surface area contributed by atoms with Crippen LogP contribution in [0.25, 0.3) is 4.96 Å². The zero-order valence-electron chi connectivity index (χ0n) is 11.0. The Kier molecular flexibility index (Phi) is 2.87. The number of rotatable bonds is 3. The van der Waals surface area contributed by atoms with E-state index in [-0.39, 0.29) is 29.9 Å². The van der Waals surface area contributed by atoms with Crippen molar-refractivity contribution >= 4 is 22.2 Å². The van der Waals surface area contributed by atoms with Gasteiger partial charge >= 0.3 is 0 Å². The van der Waals surface area contributed by atoms with Gasteiger partial charge in [-0.2, -0.15) is 0 Å². The second kappa shape index (κ2) is 4.31. The van der Waals surface area contributed by atoms with E-state index in [0.29, 0.717) is 6.42 Å². The third kappa shape index (κ3) is 2.15. The molecule has 2 aromatic rings. The van der Waals surface area contributed by atoms with Crippen molar-refractivity contribution in [1.82, 2.24) is 14.7 Å². The number of aromatic nitrogens is 2. The Morgan fingerprint density at radius 1 is 1.68 bits per heavy atom. The van der Waals surface area contributed by atoms with E-state index < -0.39 is 0 Å². The molecule has 2 N–H and O–H groups in total. The van der Waals surface area contributed by atoms with E-state index in [1.165, 1.54) is 0 Å². The molecule has 1 aliphatic rings. The highest BCUT2D eigenvalue weighted by Gasteiger charge is 2.47. The highest BCUT2D eigenvalue weighted by Crippen LogP contribution is 2.40. The van der Waals surface area contributed by atoms with Crippen LogP contribution in [0.15, 0.2) is 17.8 Å². The van der Waals surface area contributed by atoms with Gasteiger partial charge in [0.2, 0.25) is 5.91 Å². The first-order valence-electron chi connectivity index (χ1n) is 6.35. The first-order chi connectivity index (χ1) is 8.96. The number of nitrogens with one attached hydrogen (secondary N) is 1. The smallest absolute Gasteiger partial charge is 0.226 e. The van der Waals surface area contributed by atoms with Crippen LogP contribution >= 0.6 is 11.3 Å². The molecule has 0 aromatic carbocycles. The number of hydrogen-bond acceptors (Lipinski definition) is 4. The van der Waals surface area contributed by atoms with Crippen molar-refractivity contribution in [1.29, 1.82) is 0 Å². The Morgan fingerprint density at radius 3 is 3.11 bits per heavy atom. The number of carbonyl (C=O) groups excluding carboxylic acids is 1. The lowest BCUT2D eigenvalue weighted by atomic mass is 9.64. The van der Waals surface area contributed by atoms with E-state index in [4.69, 9.17) is 0 Å². The van der Waals surface area contributed by atoms with Gasteiger partial charge in [0, 0.05) is 29.2 Å². The summed E-state index contributed by atoms with van der Waals surface area (Å²) in [6, 6.07) is 0.0544. The van der Waals surface area contributed by atoms with Gasteiger partial charge in [0.25, 0.3) is 0 Å². The van der Waals surface area contributed by atoms with Gasteiger partial charge in [0.05, 0.1) is 18.2 Å². The molecule has 1 saturated carbocycles. The largest absolute Gasteiger partial charge is 0.392 e. The lowest BCUT2D eigenvalue weighted by Crippen LogP contribution is -2.61. The number of nitrogens with zero attached hydrogens (tertiary/aromatic N) is 2. The molecule has 2 atom stereocenters. The fraction of sp³-hybridized carbons (Fsp3) is 0.538. The molecule has 0 aliphatic heterocycles. The van der Waals surface area contributed by atoms with Gasteiger partial charge in [-0.05, 0) is 6.42 Å². The average molecular weight is 279 g/mol. The fourth-order valence-electron chi connectivity index (χ4n) is 2.42. The topological polar surface area (TPSA) is 66.6 Å². The molecule has 2 aromatic heterocycles. The van der Waals surface area contributed by atoms with Gasteiger partial charge in [0.1, 0.15) is 0 Å². The van der Waals surface area contributed by atoms with Gasteiger partial charge < -0.3 is 10.4 Å². The maximum atomic E-state index is 12.0. The summed E-state index contributed by atoms with van der Waals surface area (Å²) in [7, 11) is 0. The maximum absolute atomic E-state index is 12.0. The van der Waals surface area contributed by atoms with E-state index in [1.54, 1.807) is 11.3 Å². The molecular weight excluding hydrogens is 262 g/mol. The summed E-state index contributed by atoms with van der Waals surface area (Å²) in [5, 5.41) is 14.6. The number of imidazole rings is 1. The average Bonchev–Trinajstić information content (AvgIpc) is 2.89. The number of thiazole rings is 1. The number of amides is 1. The van der Waals surface area contributed by atoms with Crippen molar-refractivity contribution < 1.29 is 9.90 Å². The van der Waals surface area contributed by atoms with E-state index >= 15 is 0 Å². The summed E-state index contributed by atoms with van der Waals surface area (Å²) >= 11 is 1.55. The van der Waals surface area contributed by atoms with Crippen molar-refractivity contribution in [3.63, 3.8) is 0 Å². The van der Waals surface area contributed by atoms with Gasteiger partial charge in [0.15, 0.2) is 4.96 Å². The summed E-state index contributed by atoms with van der Waals surface area (Å²) in [5.74, 6) is -0.0317. The monoisotopic (exact) mass is 279 g/mol. The molecule has 1 fully saturated rings. The van der Waals surface area contributed by atoms with Gasteiger partial charge in [-0.1, -0.05) is 13.8 Å². The fourth-order valence-corrected chi connectivity index (χ4v) is 3.14. The number of fused-ring (bicyclic) bond motifs is 1. The number of hydrogen-bond donors (Lipinski definition) is 2. The summed E-state index contributed by atoms with van der Waals surface area (Å²) in [6.45, 7) is 3.94. The van der Waals surface area contributed by atoms with Crippen LogP contribution in [0.5, 0.6) is 0 Å². The molecule has 0 saturated heterocycles. The van der Waals surface area contributed by atoms with Crippen LogP contribution in [0.3, 0.4) is 0 Å². The highest BCUT2D eigenvalue weighted by atomic mass is 32.1. The van der Waals surface area contributed by atoms with Crippen LogP contribution in [0.1, 0.15) is 26.0 Å². The zero-order valence-corrected chi connectivity index (χ0v) is 11.8. The zero-order chi connectivity index (χ0) is 13.6. The maximum Gasteiger partial charge on any atom is 0.226 e. The van der Waals surface area contributed by atoms with Crippen LogP contribution < -0.4 is 5.32 Å². The number of carbonyl (C=O) groups is 1. The predicted octanol–water partition coefficient (Wildman–Crippen LogP) is 1.21. The number of aliphatic hydroxyl groups is 1. The van der Waals surface area contributed by atoms with Crippen LogP contribution in [0.4, 0.5) is 0 Å². The first-order valence-corrected chi connectivity index (χ1v) is 7.23. The van der Waals surface area contributed by atoms with Crippen molar-refractivity contribution in [3.05, 3.63) is 23.5 Å². The second-order valence-corrected chi connectivity index (χ2v) is 6.57. The molecule has 1 aliphatic carbocycles. The van der Waals surface area contributed by atoms with E-state index in [9.17, 15) is 9.90 Å². The minimum Gasteiger partial charge on any atom is -0.392 e. The highest BCUT2D eigenvalue weighted by molar-refractivity contribution is 7.15. The van der Waals surface area contributed by atoms with Gasteiger partial charge in [-0.3, -0.25) is 9.20 Å². The predicted molar refractivity (Wildman–Crippen MR) is 73.1 cm³/mol. The Bertz CT molecular complexity index is 588. The lowest BCUT2D eigenvalue weighted by Gasteiger charge is -2.49. The first kappa shape index (κ1) is 12.6. The normalized spacial score (nSPS) is 25.2. The Labute approximate surface area is 115 Å². The summed E-state index contributed by atoms with van der Waals surface area (Å²) in [5.41, 5.74) is 0.548. The van der Waals surface area contributed by atoms with Crippen molar-refractivity contribution in [3.8, 4) is 0 Å².